The number of hydrogen-bond acceptors (Lipinski definition) is 2. The first-order chi connectivity index (χ1) is 2.81. The summed E-state index contributed by atoms with van der Waals surface area (Å²) in [4.78, 5) is 0. The van der Waals surface area contributed by atoms with Gasteiger partial charge in [0.15, 0.2) is 0 Å². The van der Waals surface area contributed by atoms with Gasteiger partial charge in [-0.05, 0) is 6.08 Å². The summed E-state index contributed by atoms with van der Waals surface area (Å²) in [7, 11) is 0. The van der Waals surface area contributed by atoms with E-state index in [0.717, 1.165) is 6.08 Å². The van der Waals surface area contributed by atoms with E-state index >= 15 is 0 Å². The molecule has 0 aromatic rings. The van der Waals surface area contributed by atoms with Crippen molar-refractivity contribution >= 4 is 0 Å². The van der Waals surface area contributed by atoms with E-state index in [9.17, 15) is 0 Å². The van der Waals surface area contributed by atoms with E-state index < -0.39 is 0 Å². The normalized spacial score (nSPS) is 7.50. The van der Waals surface area contributed by atoms with Gasteiger partial charge in [-0.3, -0.25) is 0 Å². The van der Waals surface area contributed by atoms with Crippen LogP contribution in [0.1, 0.15) is 0 Å². The lowest BCUT2D eigenvalue weighted by Gasteiger charge is -1.78. The molecule has 1 radical (unpaired) electrons. The third-order valence-electron chi connectivity index (χ3n) is 0.308. The Kier molecular flexibility index (Phi) is 2.10. The van der Waals surface area contributed by atoms with Crippen LogP contribution >= 0.6 is 0 Å². The Morgan fingerprint density at radius 2 is 2.50 bits per heavy atom. The van der Waals surface area contributed by atoms with E-state index in [-0.39, 0.29) is 6.10 Å². The molecule has 0 spiro atoms. The zero-order valence-electron chi connectivity index (χ0n) is 3.18. The second-order valence-electron chi connectivity index (χ2n) is 0.701. The van der Waals surface area contributed by atoms with E-state index in [1.54, 1.807) is 0 Å². The Bertz CT molecular complexity index is 82.0. The van der Waals surface area contributed by atoms with E-state index in [1.165, 1.54) is 6.07 Å². The quantitative estimate of drug-likeness (QED) is 0.473. The first kappa shape index (κ1) is 5.19. The molecule has 0 aliphatic rings. The van der Waals surface area contributed by atoms with Crippen LogP contribution in [0.2, 0.25) is 0 Å². The highest BCUT2D eigenvalue weighted by molar-refractivity contribution is 5.13. The highest BCUT2D eigenvalue weighted by atomic mass is 16.3. The summed E-state index contributed by atoms with van der Waals surface area (Å²) in [5.74, 6) is 0. The summed E-state index contributed by atoms with van der Waals surface area (Å²) in [6, 6.07) is 1.47. The third-order valence-corrected chi connectivity index (χ3v) is 0.308. The van der Waals surface area contributed by atoms with Crippen LogP contribution in [0.5, 0.6) is 0 Å². The van der Waals surface area contributed by atoms with Crippen molar-refractivity contribution in [2.45, 2.75) is 0 Å². The van der Waals surface area contributed by atoms with Crippen LogP contribution in [0, 0.1) is 17.4 Å². The largest absolute Gasteiger partial charge is 0.369 e. The topological polar surface area (TPSA) is 44.0 Å². The smallest absolute Gasteiger partial charge is 0.216 e. The molecule has 6 heavy (non-hydrogen) atoms. The standard InChI is InChI=1S/C4H4NO/c1-2-4(6)3-5/h2,6H,1H2/i3+2. The van der Waals surface area contributed by atoms with E-state index in [1.807, 2.05) is 0 Å². The Labute approximate surface area is 36.3 Å². The molecule has 31 valence electrons. The predicted octanol–water partition coefficient (Wildman–Crippen LogP) is 0.600. The SMILES string of the molecule is C=C[C](O)[14C]#N. The lowest BCUT2D eigenvalue weighted by atomic mass is 10.6. The fourth-order valence-corrected chi connectivity index (χ4v) is 0.0456. The molecule has 0 unspecified atom stereocenters. The summed E-state index contributed by atoms with van der Waals surface area (Å²) in [5, 5.41) is 15.8. The zero-order chi connectivity index (χ0) is 4.99. The van der Waals surface area contributed by atoms with Crippen molar-refractivity contribution in [3.8, 4) is 6.07 Å². The maximum Gasteiger partial charge on any atom is 0.216 e. The van der Waals surface area contributed by atoms with Crippen molar-refractivity contribution < 1.29 is 5.11 Å². The van der Waals surface area contributed by atoms with Gasteiger partial charge in [0.05, 0.1) is 0 Å². The van der Waals surface area contributed by atoms with Gasteiger partial charge in [0.1, 0.15) is 6.07 Å². The predicted molar refractivity (Wildman–Crippen MR) is 21.0 cm³/mol. The van der Waals surface area contributed by atoms with E-state index in [4.69, 9.17) is 10.4 Å². The maximum atomic E-state index is 8.10. The molecule has 2 nitrogen and oxygen atoms in total. The molecule has 0 rings (SSSR count). The van der Waals surface area contributed by atoms with Crippen molar-refractivity contribution in [3.63, 3.8) is 0 Å². The molecule has 0 aromatic heterocycles. The average molecular weight is 84.1 g/mol. The van der Waals surface area contributed by atoms with Crippen molar-refractivity contribution in [1.82, 2.24) is 0 Å². The summed E-state index contributed by atoms with van der Waals surface area (Å²) >= 11 is 0. The van der Waals surface area contributed by atoms with Gasteiger partial charge in [0.25, 0.3) is 0 Å². The van der Waals surface area contributed by atoms with Crippen LogP contribution in [-0.2, 0) is 0 Å². The number of aliphatic hydroxyl groups is 1. The molecule has 0 bridgehead atoms. The van der Waals surface area contributed by atoms with Crippen molar-refractivity contribution in [1.29, 1.82) is 5.26 Å². The van der Waals surface area contributed by atoms with Crippen LogP contribution in [-0.4, -0.2) is 5.11 Å². The maximum absolute atomic E-state index is 8.10. The van der Waals surface area contributed by atoms with Gasteiger partial charge < -0.3 is 5.11 Å². The van der Waals surface area contributed by atoms with Gasteiger partial charge in [0, 0.05) is 0 Å². The van der Waals surface area contributed by atoms with E-state index in [2.05, 4.69) is 6.58 Å². The third kappa shape index (κ3) is 1.50. The zero-order valence-corrected chi connectivity index (χ0v) is 3.18. The summed E-state index contributed by atoms with van der Waals surface area (Å²) in [5.41, 5.74) is 0. The molecule has 0 saturated carbocycles. The summed E-state index contributed by atoms with van der Waals surface area (Å²) in [6.45, 7) is 3.12. The highest BCUT2D eigenvalue weighted by Crippen LogP contribution is 1.86. The lowest BCUT2D eigenvalue weighted by molar-refractivity contribution is 0.375. The molecule has 0 aromatic carbocycles. The lowest BCUT2D eigenvalue weighted by Crippen LogP contribution is -1.79. The highest BCUT2D eigenvalue weighted by Gasteiger charge is 1.88. The molecule has 0 aliphatic heterocycles. The molecule has 1 N–H and O–H groups in total. The van der Waals surface area contributed by atoms with Gasteiger partial charge in [-0.15, -0.1) is 0 Å². The van der Waals surface area contributed by atoms with Crippen LogP contribution in [0.3, 0.4) is 0 Å². The molecule has 0 atom stereocenters. The van der Waals surface area contributed by atoms with Gasteiger partial charge in [-0.25, -0.2) is 0 Å². The average Bonchev–Trinajstić information content (AvgIpc) is 1.65. The van der Waals surface area contributed by atoms with Crippen LogP contribution < -0.4 is 0 Å². The van der Waals surface area contributed by atoms with Gasteiger partial charge in [-0.1, -0.05) is 6.58 Å². The number of hydrogen-bond donors (Lipinski definition) is 1. The molecule has 0 aliphatic carbocycles. The van der Waals surface area contributed by atoms with E-state index in [0.29, 0.717) is 0 Å². The second-order valence-corrected chi connectivity index (χ2v) is 0.701. The van der Waals surface area contributed by atoms with Gasteiger partial charge >= 0.3 is 0 Å². The minimum atomic E-state index is -0.338. The molecule has 0 saturated heterocycles. The van der Waals surface area contributed by atoms with Crippen LogP contribution in [0.4, 0.5) is 0 Å². The fourth-order valence-electron chi connectivity index (χ4n) is 0.0456. The molecular weight excluding hydrogens is 80.0 g/mol. The van der Waals surface area contributed by atoms with Crippen molar-refractivity contribution in [2.24, 2.45) is 0 Å². The Morgan fingerprint density at radius 1 is 2.00 bits per heavy atom. The fraction of sp³-hybridized carbons (Fsp3) is 0. The molecule has 0 amide bonds. The monoisotopic (exact) mass is 84.0 g/mol. The van der Waals surface area contributed by atoms with Gasteiger partial charge in [-0.2, -0.15) is 5.26 Å². The van der Waals surface area contributed by atoms with Crippen LogP contribution in [0.15, 0.2) is 12.7 Å². The Hall–Kier alpha value is -0.810. The number of nitriles is 1. The molecule has 0 heterocycles. The summed E-state index contributed by atoms with van der Waals surface area (Å²) < 4.78 is 0. The van der Waals surface area contributed by atoms with Crippen molar-refractivity contribution in [3.05, 3.63) is 18.8 Å². The van der Waals surface area contributed by atoms with Crippen molar-refractivity contribution in [2.75, 3.05) is 0 Å². The number of aliphatic hydroxyl groups excluding tert-OH is 1. The number of nitrogens with zero attached hydrogens (tertiary/aromatic N) is 1. The minimum Gasteiger partial charge on any atom is -0.369 e. The summed E-state index contributed by atoms with van der Waals surface area (Å²) in [6.07, 6.45) is 0.745. The minimum absolute atomic E-state index is 0.338. The van der Waals surface area contributed by atoms with Crippen LogP contribution in [0.25, 0.3) is 0 Å². The first-order valence-electron chi connectivity index (χ1n) is 1.39. The molecule has 0 fully saturated rings. The second kappa shape index (κ2) is 2.43. The number of rotatable bonds is 1. The Morgan fingerprint density at radius 3 is 2.50 bits per heavy atom. The molecular formula is C4H4NO. The molecule has 2 heteroatoms. The van der Waals surface area contributed by atoms with Gasteiger partial charge in [0.2, 0.25) is 6.10 Å². The Balaban J connectivity index is 3.30. The first-order valence-corrected chi connectivity index (χ1v) is 1.39.